The van der Waals surface area contributed by atoms with Gasteiger partial charge in [0.15, 0.2) is 12.4 Å². The molecule has 7 nitrogen and oxygen atoms in total. The van der Waals surface area contributed by atoms with Crippen LogP contribution in [0.25, 0.3) is 0 Å². The second-order valence-corrected chi connectivity index (χ2v) is 6.84. The van der Waals surface area contributed by atoms with Gasteiger partial charge in [0.1, 0.15) is 28.4 Å². The lowest BCUT2D eigenvalue weighted by Crippen LogP contribution is -2.36. The number of rotatable bonds is 6. The van der Waals surface area contributed by atoms with Crippen LogP contribution in [-0.4, -0.2) is 40.1 Å². The summed E-state index contributed by atoms with van der Waals surface area (Å²) in [5.74, 6) is -0.109. The molecule has 0 aliphatic carbocycles. The van der Waals surface area contributed by atoms with Crippen molar-refractivity contribution in [3.63, 3.8) is 0 Å². The standard InChI is InChI=1S/C19H22N2O5/c1-19(2)11-15(23)18-14(22)9-13(10-16(18)26-19)25-12-17(24)20-5-8-21-6-3-4-7-21/h3-4,6-7,9-10,22H,5,8,11-12H2,1-2H3,(H,20,24). The molecule has 138 valence electrons. The van der Waals surface area contributed by atoms with Gasteiger partial charge in [-0.3, -0.25) is 9.59 Å². The zero-order valence-corrected chi connectivity index (χ0v) is 14.8. The molecule has 0 saturated heterocycles. The van der Waals surface area contributed by atoms with Gasteiger partial charge in [-0.1, -0.05) is 0 Å². The fourth-order valence-electron chi connectivity index (χ4n) is 2.87. The number of benzene rings is 1. The number of hydrogen-bond donors (Lipinski definition) is 2. The Morgan fingerprint density at radius 2 is 2.08 bits per heavy atom. The molecule has 1 aromatic heterocycles. The number of amides is 1. The normalized spacial score (nSPS) is 15.1. The number of fused-ring (bicyclic) bond motifs is 1. The van der Waals surface area contributed by atoms with E-state index < -0.39 is 5.60 Å². The first-order valence-corrected chi connectivity index (χ1v) is 8.43. The number of aromatic hydroxyl groups is 1. The van der Waals surface area contributed by atoms with E-state index in [-0.39, 0.29) is 47.5 Å². The van der Waals surface area contributed by atoms with Crippen LogP contribution in [-0.2, 0) is 11.3 Å². The van der Waals surface area contributed by atoms with Crippen molar-refractivity contribution in [3.8, 4) is 17.2 Å². The van der Waals surface area contributed by atoms with Crippen LogP contribution in [0.1, 0.15) is 30.6 Å². The summed E-state index contributed by atoms with van der Waals surface area (Å²) >= 11 is 0. The fourth-order valence-corrected chi connectivity index (χ4v) is 2.87. The third-order valence-corrected chi connectivity index (χ3v) is 4.03. The molecular formula is C19H22N2O5. The van der Waals surface area contributed by atoms with E-state index in [1.54, 1.807) is 13.8 Å². The minimum atomic E-state index is -0.648. The molecule has 1 amide bonds. The van der Waals surface area contributed by atoms with E-state index in [9.17, 15) is 14.7 Å². The quantitative estimate of drug-likeness (QED) is 0.826. The maximum Gasteiger partial charge on any atom is 0.258 e. The summed E-state index contributed by atoms with van der Waals surface area (Å²) in [6.45, 7) is 4.57. The third-order valence-electron chi connectivity index (χ3n) is 4.03. The number of hydrogen-bond acceptors (Lipinski definition) is 5. The monoisotopic (exact) mass is 358 g/mol. The van der Waals surface area contributed by atoms with Crippen molar-refractivity contribution in [1.82, 2.24) is 9.88 Å². The summed E-state index contributed by atoms with van der Waals surface area (Å²) in [5.41, 5.74) is -0.488. The average Bonchev–Trinajstić information content (AvgIpc) is 3.04. The number of ether oxygens (including phenoxy) is 2. The Bertz CT molecular complexity index is 812. The van der Waals surface area contributed by atoms with E-state index >= 15 is 0 Å². The van der Waals surface area contributed by atoms with Gasteiger partial charge in [-0.05, 0) is 26.0 Å². The van der Waals surface area contributed by atoms with Crippen molar-refractivity contribution in [2.45, 2.75) is 32.4 Å². The van der Waals surface area contributed by atoms with Gasteiger partial charge in [-0.2, -0.15) is 0 Å². The highest BCUT2D eigenvalue weighted by Crippen LogP contribution is 2.40. The first-order chi connectivity index (χ1) is 12.3. The van der Waals surface area contributed by atoms with Crippen LogP contribution in [0.5, 0.6) is 17.2 Å². The molecule has 2 heterocycles. The minimum Gasteiger partial charge on any atom is -0.507 e. The lowest BCUT2D eigenvalue weighted by Gasteiger charge is -2.32. The Kier molecular flexibility index (Phi) is 4.88. The number of nitrogens with zero attached hydrogens (tertiary/aromatic N) is 1. The van der Waals surface area contributed by atoms with Crippen molar-refractivity contribution < 1.29 is 24.2 Å². The maximum absolute atomic E-state index is 12.2. The number of aromatic nitrogens is 1. The Morgan fingerprint density at radius 1 is 1.35 bits per heavy atom. The highest BCUT2D eigenvalue weighted by atomic mass is 16.5. The van der Waals surface area contributed by atoms with Gasteiger partial charge in [-0.15, -0.1) is 0 Å². The molecule has 7 heteroatoms. The van der Waals surface area contributed by atoms with Crippen LogP contribution in [0.15, 0.2) is 36.7 Å². The number of carbonyl (C=O) groups is 2. The molecule has 2 aromatic rings. The van der Waals surface area contributed by atoms with Crippen molar-refractivity contribution in [1.29, 1.82) is 0 Å². The largest absolute Gasteiger partial charge is 0.507 e. The number of Topliss-reactive ketones (excluding diaryl/α,β-unsaturated/α-hetero) is 1. The first-order valence-electron chi connectivity index (χ1n) is 8.43. The Morgan fingerprint density at radius 3 is 2.81 bits per heavy atom. The van der Waals surface area contributed by atoms with Gasteiger partial charge in [0.25, 0.3) is 5.91 Å². The molecule has 0 fully saturated rings. The zero-order chi connectivity index (χ0) is 18.7. The molecule has 26 heavy (non-hydrogen) atoms. The fraction of sp³-hybridized carbons (Fsp3) is 0.368. The van der Waals surface area contributed by atoms with Crippen LogP contribution >= 0.6 is 0 Å². The molecule has 1 aliphatic heterocycles. The zero-order valence-electron chi connectivity index (χ0n) is 14.8. The molecule has 0 unspecified atom stereocenters. The first kappa shape index (κ1) is 17.8. The van der Waals surface area contributed by atoms with Gasteiger partial charge >= 0.3 is 0 Å². The van der Waals surface area contributed by atoms with Crippen molar-refractivity contribution >= 4 is 11.7 Å². The molecule has 0 bridgehead atoms. The SMILES string of the molecule is CC1(C)CC(=O)c2c(O)cc(OCC(=O)NCCn3cccc3)cc2O1. The van der Waals surface area contributed by atoms with E-state index in [1.807, 2.05) is 29.1 Å². The van der Waals surface area contributed by atoms with E-state index in [1.165, 1.54) is 12.1 Å². The molecule has 0 radical (unpaired) electrons. The van der Waals surface area contributed by atoms with E-state index in [2.05, 4.69) is 5.32 Å². The highest BCUT2D eigenvalue weighted by molar-refractivity contribution is 6.03. The van der Waals surface area contributed by atoms with Gasteiger partial charge in [0, 0.05) is 37.6 Å². The lowest BCUT2D eigenvalue weighted by atomic mass is 9.92. The average molecular weight is 358 g/mol. The molecule has 2 N–H and O–H groups in total. The van der Waals surface area contributed by atoms with Gasteiger partial charge in [0.05, 0.1) is 6.42 Å². The van der Waals surface area contributed by atoms with Gasteiger partial charge in [0.2, 0.25) is 0 Å². The van der Waals surface area contributed by atoms with Crippen molar-refractivity contribution in [3.05, 3.63) is 42.2 Å². The van der Waals surface area contributed by atoms with E-state index in [0.29, 0.717) is 13.1 Å². The number of carbonyl (C=O) groups excluding carboxylic acids is 2. The van der Waals surface area contributed by atoms with E-state index in [0.717, 1.165) is 0 Å². The highest BCUT2D eigenvalue weighted by Gasteiger charge is 2.34. The van der Waals surface area contributed by atoms with Crippen molar-refractivity contribution in [2.75, 3.05) is 13.2 Å². The van der Waals surface area contributed by atoms with Crippen LogP contribution in [0.2, 0.25) is 0 Å². The Hall–Kier alpha value is -2.96. The minimum absolute atomic E-state index is 0.160. The van der Waals surface area contributed by atoms with Crippen molar-refractivity contribution in [2.24, 2.45) is 0 Å². The van der Waals surface area contributed by atoms with E-state index in [4.69, 9.17) is 9.47 Å². The maximum atomic E-state index is 12.2. The number of phenols is 1. The summed E-state index contributed by atoms with van der Waals surface area (Å²) in [6, 6.07) is 6.69. The number of nitrogens with one attached hydrogen (secondary N) is 1. The predicted octanol–water partition coefficient (Wildman–Crippen LogP) is 2.13. The topological polar surface area (TPSA) is 89.8 Å². The molecular weight excluding hydrogens is 336 g/mol. The second-order valence-electron chi connectivity index (χ2n) is 6.84. The second kappa shape index (κ2) is 7.11. The molecule has 1 aliphatic rings. The number of phenolic OH excluding ortho intramolecular Hbond substituents is 1. The lowest BCUT2D eigenvalue weighted by molar-refractivity contribution is -0.123. The van der Waals surface area contributed by atoms with Gasteiger partial charge < -0.3 is 24.5 Å². The third kappa shape index (κ3) is 4.17. The van der Waals surface area contributed by atoms with Crippen LogP contribution in [0.4, 0.5) is 0 Å². The molecule has 1 aromatic carbocycles. The van der Waals surface area contributed by atoms with Crippen LogP contribution < -0.4 is 14.8 Å². The predicted molar refractivity (Wildman–Crippen MR) is 94.7 cm³/mol. The molecule has 3 rings (SSSR count). The van der Waals surface area contributed by atoms with Gasteiger partial charge in [-0.25, -0.2) is 0 Å². The Balaban J connectivity index is 1.57. The summed E-state index contributed by atoms with van der Waals surface area (Å²) in [7, 11) is 0. The number of ketones is 1. The summed E-state index contributed by atoms with van der Waals surface area (Å²) in [5, 5.41) is 12.9. The van der Waals surface area contributed by atoms with Crippen LogP contribution in [0.3, 0.4) is 0 Å². The summed E-state index contributed by atoms with van der Waals surface area (Å²) < 4.78 is 13.2. The molecule has 0 spiro atoms. The Labute approximate surface area is 151 Å². The smallest absolute Gasteiger partial charge is 0.258 e. The molecule has 0 atom stereocenters. The van der Waals surface area contributed by atoms with Crippen LogP contribution in [0, 0.1) is 0 Å². The molecule has 0 saturated carbocycles. The summed E-state index contributed by atoms with van der Waals surface area (Å²) in [6.07, 6.45) is 4.03. The summed E-state index contributed by atoms with van der Waals surface area (Å²) in [4.78, 5) is 24.0.